The van der Waals surface area contributed by atoms with Gasteiger partial charge in [-0.05, 0) is 12.1 Å². The molecule has 0 radical (unpaired) electrons. The molecular weight excluding hydrogens is 263 g/mol. The van der Waals surface area contributed by atoms with Crippen LogP contribution in [0.3, 0.4) is 0 Å². The van der Waals surface area contributed by atoms with Gasteiger partial charge >= 0.3 is 5.69 Å². The molecule has 0 atom stereocenters. The van der Waals surface area contributed by atoms with E-state index in [0.29, 0.717) is 0 Å². The van der Waals surface area contributed by atoms with Gasteiger partial charge in [-0.1, -0.05) is 23.7 Å². The molecule has 18 heavy (non-hydrogen) atoms. The van der Waals surface area contributed by atoms with E-state index < -0.39 is 16.4 Å². The summed E-state index contributed by atoms with van der Waals surface area (Å²) >= 11 is 5.60. The Morgan fingerprint density at radius 3 is 2.72 bits per heavy atom. The molecule has 0 aliphatic rings. The lowest BCUT2D eigenvalue weighted by molar-refractivity contribution is -0.384. The molecule has 1 heterocycles. The van der Waals surface area contributed by atoms with Gasteiger partial charge in [-0.2, -0.15) is 0 Å². The minimum absolute atomic E-state index is 0.0652. The molecule has 0 amide bonds. The van der Waals surface area contributed by atoms with E-state index in [1.807, 2.05) is 0 Å². The Balaban J connectivity index is 2.44. The highest BCUT2D eigenvalue weighted by Gasteiger charge is 2.22. The van der Waals surface area contributed by atoms with Crippen molar-refractivity contribution in [1.82, 2.24) is 9.97 Å². The van der Waals surface area contributed by atoms with Crippen LogP contribution in [-0.4, -0.2) is 14.9 Å². The summed E-state index contributed by atoms with van der Waals surface area (Å²) in [5, 5.41) is 13.0. The zero-order valence-corrected chi connectivity index (χ0v) is 9.56. The normalized spacial score (nSPS) is 10.1. The molecule has 92 valence electrons. The number of halogens is 2. The zero-order chi connectivity index (χ0) is 13.1. The average molecular weight is 269 g/mol. The number of nitrogens with one attached hydrogen (secondary N) is 1. The van der Waals surface area contributed by atoms with Crippen LogP contribution in [0.2, 0.25) is 5.15 Å². The van der Waals surface area contributed by atoms with Crippen molar-refractivity contribution in [2.75, 3.05) is 5.32 Å². The largest absolute Gasteiger partial charge is 0.348 e. The van der Waals surface area contributed by atoms with Crippen LogP contribution in [0, 0.1) is 15.9 Å². The van der Waals surface area contributed by atoms with Crippen LogP contribution in [0.1, 0.15) is 0 Å². The molecule has 2 aromatic rings. The number of nitro groups is 1. The number of anilines is 2. The third-order valence-corrected chi connectivity index (χ3v) is 2.36. The van der Waals surface area contributed by atoms with Crippen molar-refractivity contribution >= 4 is 28.8 Å². The monoisotopic (exact) mass is 268 g/mol. The predicted molar refractivity (Wildman–Crippen MR) is 63.4 cm³/mol. The number of hydrogen-bond donors (Lipinski definition) is 1. The third kappa shape index (κ3) is 2.35. The number of rotatable bonds is 3. The Kier molecular flexibility index (Phi) is 3.33. The highest BCUT2D eigenvalue weighted by Crippen LogP contribution is 2.31. The standard InChI is InChI=1S/C10H6ClFN4O2/c11-9-8(16(17)18)10(14-5-13-9)15-7-4-2-1-3-6(7)12/h1-5H,(H,13,14,15). The highest BCUT2D eigenvalue weighted by atomic mass is 35.5. The van der Waals surface area contributed by atoms with Gasteiger partial charge in [-0.25, -0.2) is 14.4 Å². The van der Waals surface area contributed by atoms with Crippen molar-refractivity contribution < 1.29 is 9.31 Å². The van der Waals surface area contributed by atoms with E-state index >= 15 is 0 Å². The second kappa shape index (κ2) is 4.92. The fourth-order valence-corrected chi connectivity index (χ4v) is 1.50. The number of aromatic nitrogens is 2. The first kappa shape index (κ1) is 12.2. The molecule has 2 rings (SSSR count). The van der Waals surface area contributed by atoms with E-state index in [1.165, 1.54) is 18.2 Å². The van der Waals surface area contributed by atoms with Crippen LogP contribution < -0.4 is 5.32 Å². The van der Waals surface area contributed by atoms with Crippen molar-refractivity contribution in [1.29, 1.82) is 0 Å². The number of benzene rings is 1. The van der Waals surface area contributed by atoms with Crippen LogP contribution in [0.4, 0.5) is 21.6 Å². The minimum atomic E-state index is -0.731. The lowest BCUT2D eigenvalue weighted by atomic mass is 10.3. The molecule has 0 spiro atoms. The van der Waals surface area contributed by atoms with Crippen molar-refractivity contribution in [3.63, 3.8) is 0 Å². The van der Waals surface area contributed by atoms with Gasteiger partial charge < -0.3 is 5.32 Å². The van der Waals surface area contributed by atoms with Gasteiger partial charge in [-0.3, -0.25) is 10.1 Å². The Labute approximate surface area is 106 Å². The Hall–Kier alpha value is -2.28. The maximum Gasteiger partial charge on any atom is 0.348 e. The molecule has 1 N–H and O–H groups in total. The van der Waals surface area contributed by atoms with Gasteiger partial charge in [0.2, 0.25) is 11.0 Å². The summed E-state index contributed by atoms with van der Waals surface area (Å²) in [6.45, 7) is 0. The SMILES string of the molecule is O=[N+]([O-])c1c(Cl)ncnc1Nc1ccccc1F. The van der Waals surface area contributed by atoms with Crippen molar-refractivity contribution in [2.45, 2.75) is 0 Å². The molecule has 0 aliphatic carbocycles. The van der Waals surface area contributed by atoms with E-state index in [2.05, 4.69) is 15.3 Å². The summed E-state index contributed by atoms with van der Waals surface area (Å²) in [6, 6.07) is 5.73. The summed E-state index contributed by atoms with van der Waals surface area (Å²) in [5.41, 5.74) is -0.433. The molecule has 0 aliphatic heterocycles. The molecule has 8 heteroatoms. The Morgan fingerprint density at radius 2 is 2.06 bits per heavy atom. The summed E-state index contributed by atoms with van der Waals surface area (Å²) in [7, 11) is 0. The van der Waals surface area contributed by atoms with Gasteiger partial charge in [0.1, 0.15) is 12.1 Å². The molecule has 1 aromatic heterocycles. The maximum atomic E-state index is 13.4. The van der Waals surface area contributed by atoms with E-state index in [0.717, 1.165) is 6.33 Å². The summed E-state index contributed by atoms with van der Waals surface area (Å²) in [6.07, 6.45) is 1.05. The van der Waals surface area contributed by atoms with E-state index in [9.17, 15) is 14.5 Å². The van der Waals surface area contributed by atoms with Crippen molar-refractivity contribution in [2.24, 2.45) is 0 Å². The second-order valence-electron chi connectivity index (χ2n) is 3.22. The van der Waals surface area contributed by atoms with Gasteiger partial charge in [0.25, 0.3) is 0 Å². The van der Waals surface area contributed by atoms with Gasteiger partial charge in [-0.15, -0.1) is 0 Å². The van der Waals surface area contributed by atoms with Crippen LogP contribution >= 0.6 is 11.6 Å². The molecule has 0 fully saturated rings. The third-order valence-electron chi connectivity index (χ3n) is 2.09. The Bertz CT molecular complexity index is 608. The summed E-state index contributed by atoms with van der Waals surface area (Å²) < 4.78 is 13.4. The molecule has 0 saturated heterocycles. The zero-order valence-electron chi connectivity index (χ0n) is 8.80. The molecule has 0 bridgehead atoms. The summed E-state index contributed by atoms with van der Waals surface area (Å²) in [4.78, 5) is 17.3. The smallest absolute Gasteiger partial charge is 0.332 e. The first-order valence-electron chi connectivity index (χ1n) is 4.76. The molecule has 0 saturated carbocycles. The maximum absolute atomic E-state index is 13.4. The van der Waals surface area contributed by atoms with Crippen LogP contribution in [0.5, 0.6) is 0 Å². The van der Waals surface area contributed by atoms with E-state index in [1.54, 1.807) is 6.07 Å². The van der Waals surface area contributed by atoms with Gasteiger partial charge in [0.05, 0.1) is 10.6 Å². The summed E-state index contributed by atoms with van der Waals surface area (Å²) in [5.74, 6) is -0.716. The minimum Gasteiger partial charge on any atom is -0.332 e. The van der Waals surface area contributed by atoms with Crippen molar-refractivity contribution in [3.05, 3.63) is 51.7 Å². The molecule has 0 unspecified atom stereocenters. The van der Waals surface area contributed by atoms with E-state index in [4.69, 9.17) is 11.6 Å². The highest BCUT2D eigenvalue weighted by molar-refractivity contribution is 6.31. The van der Waals surface area contributed by atoms with Crippen LogP contribution in [0.15, 0.2) is 30.6 Å². The fraction of sp³-hybridized carbons (Fsp3) is 0. The number of nitrogens with zero attached hydrogens (tertiary/aromatic N) is 3. The Morgan fingerprint density at radius 1 is 1.33 bits per heavy atom. The van der Waals surface area contributed by atoms with Crippen molar-refractivity contribution in [3.8, 4) is 0 Å². The lowest BCUT2D eigenvalue weighted by Gasteiger charge is -2.06. The van der Waals surface area contributed by atoms with E-state index in [-0.39, 0.29) is 16.7 Å². The first-order valence-corrected chi connectivity index (χ1v) is 5.14. The topological polar surface area (TPSA) is 81.0 Å². The molecule has 1 aromatic carbocycles. The average Bonchev–Trinajstić information content (AvgIpc) is 2.31. The fourth-order valence-electron chi connectivity index (χ4n) is 1.30. The van der Waals surface area contributed by atoms with Crippen LogP contribution in [-0.2, 0) is 0 Å². The van der Waals surface area contributed by atoms with Gasteiger partial charge in [0, 0.05) is 0 Å². The lowest BCUT2D eigenvalue weighted by Crippen LogP contribution is -2.02. The predicted octanol–water partition coefficient (Wildman–Crippen LogP) is 2.92. The second-order valence-corrected chi connectivity index (χ2v) is 3.58. The van der Waals surface area contributed by atoms with Gasteiger partial charge in [0.15, 0.2) is 0 Å². The number of hydrogen-bond acceptors (Lipinski definition) is 5. The first-order chi connectivity index (χ1) is 8.59. The number of para-hydroxylation sites is 1. The molecular formula is C10H6ClFN4O2. The van der Waals surface area contributed by atoms with Crippen LogP contribution in [0.25, 0.3) is 0 Å². The molecule has 6 nitrogen and oxygen atoms in total. The quantitative estimate of drug-likeness (QED) is 0.526.